The summed E-state index contributed by atoms with van der Waals surface area (Å²) in [6, 6.07) is 6.37. The molecule has 7 heteroatoms. The first-order valence-electron chi connectivity index (χ1n) is 11.9. The molecule has 1 aromatic rings. The number of nitrogens with zero attached hydrogens (tertiary/aromatic N) is 3. The summed E-state index contributed by atoms with van der Waals surface area (Å²) in [6.07, 6.45) is 3.49. The van der Waals surface area contributed by atoms with Gasteiger partial charge in [0.15, 0.2) is 5.96 Å². The van der Waals surface area contributed by atoms with E-state index >= 15 is 0 Å². The molecule has 2 heterocycles. The summed E-state index contributed by atoms with van der Waals surface area (Å²) in [5.41, 5.74) is 2.31. The maximum atomic E-state index is 6.22. The fraction of sp³-hybridized carbons (Fsp3) is 0.708. The minimum atomic E-state index is 0.148. The smallest absolute Gasteiger partial charge is 0.191 e. The van der Waals surface area contributed by atoms with Crippen molar-refractivity contribution in [1.82, 2.24) is 20.4 Å². The zero-order valence-electron chi connectivity index (χ0n) is 19.7. The summed E-state index contributed by atoms with van der Waals surface area (Å²) >= 11 is 0. The van der Waals surface area contributed by atoms with Gasteiger partial charge in [-0.05, 0) is 65.0 Å². The summed E-state index contributed by atoms with van der Waals surface area (Å²) < 4.78 is 11.7. The molecule has 2 aliphatic heterocycles. The molecule has 1 atom stereocenters. The van der Waals surface area contributed by atoms with Crippen LogP contribution in [-0.2, 0) is 11.3 Å². The molecule has 2 fully saturated rings. The van der Waals surface area contributed by atoms with E-state index in [0.29, 0.717) is 13.2 Å². The van der Waals surface area contributed by atoms with Gasteiger partial charge in [0.25, 0.3) is 0 Å². The number of hydrogen-bond acceptors (Lipinski definition) is 5. The van der Waals surface area contributed by atoms with Gasteiger partial charge in [-0.15, -0.1) is 0 Å². The van der Waals surface area contributed by atoms with Crippen LogP contribution >= 0.6 is 0 Å². The van der Waals surface area contributed by atoms with Crippen LogP contribution in [0.2, 0.25) is 0 Å². The molecule has 0 radical (unpaired) electrons. The Bertz CT molecular complexity index is 691. The molecule has 2 saturated heterocycles. The molecule has 2 aliphatic rings. The maximum absolute atomic E-state index is 6.22. The molecule has 2 N–H and O–H groups in total. The van der Waals surface area contributed by atoms with E-state index in [9.17, 15) is 0 Å². The molecule has 3 rings (SSSR count). The van der Waals surface area contributed by atoms with Crippen LogP contribution in [0.5, 0.6) is 5.75 Å². The van der Waals surface area contributed by atoms with Gasteiger partial charge in [0.05, 0.1) is 19.8 Å². The van der Waals surface area contributed by atoms with Gasteiger partial charge in [0.2, 0.25) is 0 Å². The van der Waals surface area contributed by atoms with Crippen molar-refractivity contribution in [2.75, 3.05) is 66.1 Å². The second-order valence-electron chi connectivity index (χ2n) is 8.69. The van der Waals surface area contributed by atoms with Gasteiger partial charge in [0.1, 0.15) is 11.9 Å². The van der Waals surface area contributed by atoms with Gasteiger partial charge in [-0.2, -0.15) is 0 Å². The third-order valence-corrected chi connectivity index (χ3v) is 5.91. The summed E-state index contributed by atoms with van der Waals surface area (Å²) in [5, 5.41) is 6.87. The second-order valence-corrected chi connectivity index (χ2v) is 8.69. The van der Waals surface area contributed by atoms with Gasteiger partial charge in [-0.3, -0.25) is 0 Å². The van der Waals surface area contributed by atoms with E-state index in [2.05, 4.69) is 59.5 Å². The highest BCUT2D eigenvalue weighted by molar-refractivity contribution is 5.79. The third-order valence-electron chi connectivity index (χ3n) is 5.91. The Morgan fingerprint density at radius 1 is 1.23 bits per heavy atom. The summed E-state index contributed by atoms with van der Waals surface area (Å²) in [7, 11) is 2.22. The molecule has 31 heavy (non-hydrogen) atoms. The third kappa shape index (κ3) is 8.31. The predicted molar refractivity (Wildman–Crippen MR) is 127 cm³/mol. The number of guanidine groups is 1. The molecule has 0 saturated carbocycles. The Hall–Kier alpha value is -1.83. The van der Waals surface area contributed by atoms with Crippen molar-refractivity contribution < 1.29 is 9.47 Å². The van der Waals surface area contributed by atoms with E-state index in [0.717, 1.165) is 56.4 Å². The largest absolute Gasteiger partial charge is 0.488 e. The predicted octanol–water partition coefficient (Wildman–Crippen LogP) is 2.25. The molecule has 174 valence electrons. The van der Waals surface area contributed by atoms with E-state index in [1.54, 1.807) is 0 Å². The molecule has 1 aromatic carbocycles. The van der Waals surface area contributed by atoms with E-state index in [1.165, 1.54) is 38.2 Å². The molecule has 0 bridgehead atoms. The first-order valence-corrected chi connectivity index (χ1v) is 11.9. The highest BCUT2D eigenvalue weighted by Crippen LogP contribution is 2.24. The van der Waals surface area contributed by atoms with Crippen LogP contribution in [0.4, 0.5) is 0 Å². The van der Waals surface area contributed by atoms with Crippen molar-refractivity contribution in [3.63, 3.8) is 0 Å². The van der Waals surface area contributed by atoms with E-state index in [1.807, 2.05) is 0 Å². The zero-order chi connectivity index (χ0) is 21.9. The van der Waals surface area contributed by atoms with Crippen molar-refractivity contribution in [1.29, 1.82) is 0 Å². The summed E-state index contributed by atoms with van der Waals surface area (Å²) in [6.45, 7) is 13.9. The van der Waals surface area contributed by atoms with Crippen molar-refractivity contribution in [3.8, 4) is 5.75 Å². The number of hydrogen-bond donors (Lipinski definition) is 2. The highest BCUT2D eigenvalue weighted by Gasteiger charge is 2.18. The van der Waals surface area contributed by atoms with Gasteiger partial charge in [-0.25, -0.2) is 4.99 Å². The first kappa shape index (κ1) is 23.8. The maximum Gasteiger partial charge on any atom is 0.191 e. The lowest BCUT2D eigenvalue weighted by Gasteiger charge is -2.20. The number of nitrogens with one attached hydrogen (secondary N) is 2. The van der Waals surface area contributed by atoms with Crippen molar-refractivity contribution in [2.24, 2.45) is 4.99 Å². The first-order chi connectivity index (χ1) is 15.1. The van der Waals surface area contributed by atoms with Crippen LogP contribution in [-0.4, -0.2) is 87.9 Å². The molecular formula is C24H41N5O2. The topological polar surface area (TPSA) is 61.4 Å². The number of ether oxygens (including phenoxy) is 2. The molecule has 0 amide bonds. The fourth-order valence-corrected chi connectivity index (χ4v) is 4.03. The van der Waals surface area contributed by atoms with Crippen LogP contribution in [0.1, 0.15) is 37.3 Å². The van der Waals surface area contributed by atoms with Gasteiger partial charge >= 0.3 is 0 Å². The van der Waals surface area contributed by atoms with E-state index in [4.69, 9.17) is 14.5 Å². The Balaban J connectivity index is 1.49. The molecular weight excluding hydrogens is 390 g/mol. The van der Waals surface area contributed by atoms with E-state index < -0.39 is 0 Å². The summed E-state index contributed by atoms with van der Waals surface area (Å²) in [4.78, 5) is 9.83. The Labute approximate surface area is 188 Å². The Morgan fingerprint density at radius 3 is 2.94 bits per heavy atom. The fourth-order valence-electron chi connectivity index (χ4n) is 4.03. The number of likely N-dealkylation sites (N-methyl/N-ethyl adjacent to an activating group) is 1. The second kappa shape index (κ2) is 12.9. The normalized spacial score (nSPS) is 21.1. The minimum absolute atomic E-state index is 0.148. The lowest BCUT2D eigenvalue weighted by Crippen LogP contribution is -2.39. The van der Waals surface area contributed by atoms with Gasteiger partial charge in [0, 0.05) is 38.2 Å². The Kier molecular flexibility index (Phi) is 9.90. The average Bonchev–Trinajstić information content (AvgIpc) is 3.18. The number of aliphatic imine (C=N–C) groups is 1. The van der Waals surface area contributed by atoms with Crippen LogP contribution in [0, 0.1) is 6.92 Å². The van der Waals surface area contributed by atoms with Crippen LogP contribution < -0.4 is 15.4 Å². The molecule has 1 unspecified atom stereocenters. The van der Waals surface area contributed by atoms with Crippen LogP contribution in [0.15, 0.2) is 23.2 Å². The number of aryl methyl sites for hydroxylation is 1. The van der Waals surface area contributed by atoms with Gasteiger partial charge in [-0.1, -0.05) is 12.1 Å². The molecule has 0 aromatic heterocycles. The molecule has 7 nitrogen and oxygen atoms in total. The lowest BCUT2D eigenvalue weighted by molar-refractivity contribution is 0.140. The SMILES string of the molecule is CCNC(=NCc1ccc(C)cc1OC1CCOC1)NCCCN1CCCN(C)CC1. The average molecular weight is 432 g/mol. The molecule has 0 spiro atoms. The monoisotopic (exact) mass is 431 g/mol. The van der Waals surface area contributed by atoms with Crippen LogP contribution in [0.25, 0.3) is 0 Å². The minimum Gasteiger partial charge on any atom is -0.488 e. The standard InChI is InChI=1S/C24H41N5O2/c1-4-25-24(26-10-5-12-29-13-6-11-28(3)14-15-29)27-18-21-8-7-20(2)17-23(21)31-22-9-16-30-19-22/h7-8,17,22H,4-6,9-16,18-19H2,1-3H3,(H2,25,26,27). The highest BCUT2D eigenvalue weighted by atomic mass is 16.5. The van der Waals surface area contributed by atoms with Gasteiger partial charge < -0.3 is 29.9 Å². The lowest BCUT2D eigenvalue weighted by atomic mass is 10.1. The van der Waals surface area contributed by atoms with Crippen LogP contribution in [0.3, 0.4) is 0 Å². The molecule has 0 aliphatic carbocycles. The van der Waals surface area contributed by atoms with E-state index in [-0.39, 0.29) is 6.10 Å². The number of benzene rings is 1. The number of rotatable bonds is 9. The Morgan fingerprint density at radius 2 is 2.13 bits per heavy atom. The van der Waals surface area contributed by atoms with Crippen molar-refractivity contribution >= 4 is 5.96 Å². The van der Waals surface area contributed by atoms with Crippen molar-refractivity contribution in [2.45, 2.75) is 45.8 Å². The summed E-state index contributed by atoms with van der Waals surface area (Å²) in [5.74, 6) is 1.80. The quantitative estimate of drug-likeness (QED) is 0.355. The zero-order valence-corrected chi connectivity index (χ0v) is 19.7. The van der Waals surface area contributed by atoms with Crippen molar-refractivity contribution in [3.05, 3.63) is 29.3 Å².